The Morgan fingerprint density at radius 1 is 0.919 bits per heavy atom. The van der Waals surface area contributed by atoms with Crippen LogP contribution >= 0.6 is 0 Å². The Bertz CT molecular complexity index is 1260. The van der Waals surface area contributed by atoms with Gasteiger partial charge in [-0.05, 0) is 36.6 Å². The number of nitrogens with zero attached hydrogens (tertiary/aromatic N) is 1. The average Bonchev–Trinajstić information content (AvgIpc) is 3.18. The maximum Gasteiger partial charge on any atom is 0.295 e. The van der Waals surface area contributed by atoms with Crippen LogP contribution in [0.5, 0.6) is 11.5 Å². The smallest absolute Gasteiger partial charge is 0.295 e. The van der Waals surface area contributed by atoms with Crippen molar-refractivity contribution in [2.45, 2.75) is 26.0 Å². The number of carbonyl (C=O) groups is 2. The average molecular weight is 502 g/mol. The number of rotatable bonds is 11. The summed E-state index contributed by atoms with van der Waals surface area (Å²) in [4.78, 5) is 27.8. The van der Waals surface area contributed by atoms with Crippen LogP contribution in [0.15, 0.2) is 84.4 Å². The maximum absolute atomic E-state index is 13.2. The Labute approximate surface area is 216 Å². The van der Waals surface area contributed by atoms with Crippen LogP contribution in [0.25, 0.3) is 5.76 Å². The predicted molar refractivity (Wildman–Crippen MR) is 140 cm³/mol. The summed E-state index contributed by atoms with van der Waals surface area (Å²) in [5, 5.41) is 11.2. The fourth-order valence-corrected chi connectivity index (χ4v) is 4.41. The van der Waals surface area contributed by atoms with Crippen molar-refractivity contribution in [3.63, 3.8) is 0 Å². The number of aliphatic hydroxyl groups is 1. The Balaban J connectivity index is 1.75. The summed E-state index contributed by atoms with van der Waals surface area (Å²) < 4.78 is 17.1. The molecule has 1 atom stereocenters. The zero-order chi connectivity index (χ0) is 26.2. The van der Waals surface area contributed by atoms with E-state index in [1.165, 1.54) is 4.90 Å². The number of hydrogen-bond donors (Lipinski definition) is 1. The van der Waals surface area contributed by atoms with Crippen molar-refractivity contribution in [2.24, 2.45) is 0 Å². The minimum absolute atomic E-state index is 0.0500. The summed E-state index contributed by atoms with van der Waals surface area (Å²) in [5.74, 6) is -0.528. The molecule has 3 aromatic carbocycles. The van der Waals surface area contributed by atoms with E-state index in [1.54, 1.807) is 49.6 Å². The fourth-order valence-electron chi connectivity index (χ4n) is 4.41. The van der Waals surface area contributed by atoms with Crippen molar-refractivity contribution < 1.29 is 28.9 Å². The van der Waals surface area contributed by atoms with Crippen molar-refractivity contribution in [1.29, 1.82) is 0 Å². The second-order valence-corrected chi connectivity index (χ2v) is 8.62. The minimum Gasteiger partial charge on any atom is -0.507 e. The van der Waals surface area contributed by atoms with Crippen molar-refractivity contribution in [1.82, 2.24) is 4.90 Å². The van der Waals surface area contributed by atoms with Crippen LogP contribution in [0.4, 0.5) is 0 Å². The normalized spacial score (nSPS) is 16.7. The highest BCUT2D eigenvalue weighted by Crippen LogP contribution is 2.42. The van der Waals surface area contributed by atoms with E-state index in [0.717, 1.165) is 5.56 Å². The Hall–Kier alpha value is -4.10. The molecule has 1 unspecified atom stereocenters. The molecule has 1 fully saturated rings. The molecular formula is C30H31NO6. The first-order chi connectivity index (χ1) is 18.0. The van der Waals surface area contributed by atoms with E-state index >= 15 is 0 Å². The second-order valence-electron chi connectivity index (χ2n) is 8.62. The number of likely N-dealkylation sites (tertiary alicyclic amines) is 1. The van der Waals surface area contributed by atoms with Gasteiger partial charge in [-0.3, -0.25) is 9.59 Å². The van der Waals surface area contributed by atoms with E-state index in [-0.39, 0.29) is 11.3 Å². The van der Waals surface area contributed by atoms with Gasteiger partial charge in [0.05, 0.1) is 18.2 Å². The molecule has 0 saturated carbocycles. The summed E-state index contributed by atoms with van der Waals surface area (Å²) in [6.45, 7) is 3.38. The third-order valence-electron chi connectivity index (χ3n) is 6.16. The molecule has 0 radical (unpaired) electrons. The summed E-state index contributed by atoms with van der Waals surface area (Å²) in [5.41, 5.74) is 2.18. The van der Waals surface area contributed by atoms with Gasteiger partial charge in [0.2, 0.25) is 0 Å². The number of amides is 1. The molecule has 192 valence electrons. The molecule has 1 aliphatic rings. The molecule has 3 aromatic rings. The highest BCUT2D eigenvalue weighted by Gasteiger charge is 2.46. The number of Topliss-reactive ketones (excluding diaryl/α,β-unsaturated/α-hetero) is 1. The van der Waals surface area contributed by atoms with E-state index in [1.807, 2.05) is 43.3 Å². The summed E-state index contributed by atoms with van der Waals surface area (Å²) in [6, 6.07) is 23.2. The lowest BCUT2D eigenvalue weighted by atomic mass is 9.95. The Kier molecular flexibility index (Phi) is 8.59. The second kappa shape index (κ2) is 12.2. The fraction of sp³-hybridized carbons (Fsp3) is 0.267. The monoisotopic (exact) mass is 501 g/mol. The molecule has 1 amide bonds. The van der Waals surface area contributed by atoms with Gasteiger partial charge in [0, 0.05) is 25.8 Å². The van der Waals surface area contributed by atoms with Gasteiger partial charge < -0.3 is 24.2 Å². The zero-order valence-electron chi connectivity index (χ0n) is 21.1. The first-order valence-electron chi connectivity index (χ1n) is 12.3. The molecule has 37 heavy (non-hydrogen) atoms. The molecule has 1 aliphatic heterocycles. The highest BCUT2D eigenvalue weighted by atomic mass is 16.5. The number of benzene rings is 3. The van der Waals surface area contributed by atoms with Crippen LogP contribution in [0.3, 0.4) is 0 Å². The standard InChI is InChI=1S/C30H31NO6/c1-3-36-25-19-23(15-16-24(25)37-20-21-11-6-4-7-12-21)27-26(28(32)22-13-8-5-9-14-22)29(33)30(34)31(27)17-10-18-35-2/h4-9,11-16,19,27,32H,3,10,17-18,20H2,1-2H3. The Morgan fingerprint density at radius 2 is 1.62 bits per heavy atom. The number of methoxy groups -OCH3 is 1. The molecule has 1 saturated heterocycles. The van der Waals surface area contributed by atoms with Gasteiger partial charge in [-0.15, -0.1) is 0 Å². The van der Waals surface area contributed by atoms with Crippen LogP contribution in [0.2, 0.25) is 0 Å². The van der Waals surface area contributed by atoms with E-state index in [4.69, 9.17) is 14.2 Å². The summed E-state index contributed by atoms with van der Waals surface area (Å²) >= 11 is 0. The van der Waals surface area contributed by atoms with Gasteiger partial charge in [-0.2, -0.15) is 0 Å². The van der Waals surface area contributed by atoms with Crippen LogP contribution in [0, 0.1) is 0 Å². The Morgan fingerprint density at radius 3 is 2.30 bits per heavy atom. The molecular weight excluding hydrogens is 470 g/mol. The van der Waals surface area contributed by atoms with Crippen molar-refractivity contribution >= 4 is 17.4 Å². The van der Waals surface area contributed by atoms with Gasteiger partial charge in [0.15, 0.2) is 11.5 Å². The van der Waals surface area contributed by atoms with Gasteiger partial charge >= 0.3 is 0 Å². The number of carbonyl (C=O) groups excluding carboxylic acids is 2. The number of aliphatic hydroxyl groups excluding tert-OH is 1. The SMILES string of the molecule is CCOc1cc(C2C(=C(O)c3ccccc3)C(=O)C(=O)N2CCCOC)ccc1OCc1ccccc1. The van der Waals surface area contributed by atoms with Crippen LogP contribution < -0.4 is 9.47 Å². The predicted octanol–water partition coefficient (Wildman–Crippen LogP) is 5.12. The largest absolute Gasteiger partial charge is 0.507 e. The molecule has 7 nitrogen and oxygen atoms in total. The van der Waals surface area contributed by atoms with Crippen molar-refractivity contribution in [3.8, 4) is 11.5 Å². The van der Waals surface area contributed by atoms with E-state index in [0.29, 0.717) is 55.4 Å². The topological polar surface area (TPSA) is 85.3 Å². The number of ether oxygens (including phenoxy) is 3. The van der Waals surface area contributed by atoms with Crippen LogP contribution in [0.1, 0.15) is 36.1 Å². The molecule has 0 bridgehead atoms. The van der Waals surface area contributed by atoms with E-state index in [2.05, 4.69) is 0 Å². The van der Waals surface area contributed by atoms with Crippen molar-refractivity contribution in [2.75, 3.05) is 26.9 Å². The van der Waals surface area contributed by atoms with Gasteiger partial charge in [-0.1, -0.05) is 66.7 Å². The molecule has 0 spiro atoms. The first-order valence-corrected chi connectivity index (χ1v) is 12.3. The van der Waals surface area contributed by atoms with E-state index < -0.39 is 17.7 Å². The lowest BCUT2D eigenvalue weighted by molar-refractivity contribution is -0.140. The minimum atomic E-state index is -0.778. The molecule has 7 heteroatoms. The summed E-state index contributed by atoms with van der Waals surface area (Å²) in [6.07, 6.45) is 0.544. The third-order valence-corrected chi connectivity index (χ3v) is 6.16. The molecule has 1 N–H and O–H groups in total. The molecule has 4 rings (SSSR count). The number of hydrogen-bond acceptors (Lipinski definition) is 6. The van der Waals surface area contributed by atoms with Gasteiger partial charge in [0.1, 0.15) is 12.4 Å². The van der Waals surface area contributed by atoms with Crippen LogP contribution in [-0.2, 0) is 20.9 Å². The van der Waals surface area contributed by atoms with Crippen LogP contribution in [-0.4, -0.2) is 48.6 Å². The quantitative estimate of drug-likeness (QED) is 0.170. The lowest BCUT2D eigenvalue weighted by Crippen LogP contribution is -2.31. The number of ketones is 1. The lowest BCUT2D eigenvalue weighted by Gasteiger charge is -2.26. The zero-order valence-corrected chi connectivity index (χ0v) is 21.1. The molecule has 0 aliphatic carbocycles. The summed E-state index contributed by atoms with van der Waals surface area (Å²) in [7, 11) is 1.59. The van der Waals surface area contributed by atoms with Gasteiger partial charge in [0.25, 0.3) is 11.7 Å². The highest BCUT2D eigenvalue weighted by molar-refractivity contribution is 6.46. The van der Waals surface area contributed by atoms with Crippen molar-refractivity contribution in [3.05, 3.63) is 101 Å². The molecule has 0 aromatic heterocycles. The maximum atomic E-state index is 13.2. The van der Waals surface area contributed by atoms with Gasteiger partial charge in [-0.25, -0.2) is 0 Å². The first kappa shape index (κ1) is 26.0. The third kappa shape index (κ3) is 5.84. The van der Waals surface area contributed by atoms with E-state index in [9.17, 15) is 14.7 Å². The molecule has 1 heterocycles.